The number of fused-ring (bicyclic) bond motifs is 1. The van der Waals surface area contributed by atoms with Gasteiger partial charge in [0.25, 0.3) is 10.1 Å². The Bertz CT molecular complexity index is 971. The van der Waals surface area contributed by atoms with Crippen LogP contribution in [-0.4, -0.2) is 22.6 Å². The molecule has 1 heterocycles. The molecule has 0 aliphatic carbocycles. The lowest BCUT2D eigenvalue weighted by Crippen LogP contribution is -2.15. The molecule has 3 rings (SSSR count). The standard InChI is InChI=1S/C21H26O5S/c1-13-7-8-19(27(22,23)25-6)16(9-13)18-11-14-10-15(24-5)12-17(20(14)26-18)21(2,3)4/h7-10,12,18H,11H2,1-6H3. The highest BCUT2D eigenvalue weighted by molar-refractivity contribution is 7.86. The van der Waals surface area contributed by atoms with Gasteiger partial charge in [0.05, 0.1) is 14.2 Å². The Labute approximate surface area is 161 Å². The second-order valence-corrected chi connectivity index (χ2v) is 9.57. The summed E-state index contributed by atoms with van der Waals surface area (Å²) in [6.07, 6.45) is 0.179. The summed E-state index contributed by atoms with van der Waals surface area (Å²) in [5.74, 6) is 1.59. The molecular formula is C21H26O5S. The maximum absolute atomic E-state index is 12.4. The molecule has 0 N–H and O–H groups in total. The van der Waals surface area contributed by atoms with E-state index in [0.29, 0.717) is 12.0 Å². The summed E-state index contributed by atoms with van der Waals surface area (Å²) < 4.78 is 41.3. The highest BCUT2D eigenvalue weighted by Gasteiger charge is 2.34. The first-order valence-corrected chi connectivity index (χ1v) is 10.3. The van der Waals surface area contributed by atoms with E-state index in [4.69, 9.17) is 13.7 Å². The van der Waals surface area contributed by atoms with Crippen molar-refractivity contribution in [3.63, 3.8) is 0 Å². The van der Waals surface area contributed by atoms with E-state index in [0.717, 1.165) is 28.2 Å². The molecule has 0 saturated heterocycles. The molecule has 0 radical (unpaired) electrons. The molecule has 0 bridgehead atoms. The van der Waals surface area contributed by atoms with Crippen molar-refractivity contribution in [2.45, 2.75) is 50.5 Å². The minimum atomic E-state index is -3.83. The molecule has 1 aliphatic rings. The first-order valence-electron chi connectivity index (χ1n) is 8.86. The minimum absolute atomic E-state index is 0.137. The van der Waals surface area contributed by atoms with Gasteiger partial charge in [0.2, 0.25) is 0 Å². The van der Waals surface area contributed by atoms with Gasteiger partial charge in [0, 0.05) is 23.1 Å². The van der Waals surface area contributed by atoms with Crippen molar-refractivity contribution in [2.75, 3.05) is 14.2 Å². The van der Waals surface area contributed by atoms with Crippen LogP contribution in [0.4, 0.5) is 0 Å². The normalized spacial score (nSPS) is 16.7. The highest BCUT2D eigenvalue weighted by atomic mass is 32.2. The molecule has 6 heteroatoms. The molecule has 5 nitrogen and oxygen atoms in total. The van der Waals surface area contributed by atoms with Gasteiger partial charge in [-0.25, -0.2) is 0 Å². The monoisotopic (exact) mass is 390 g/mol. The van der Waals surface area contributed by atoms with E-state index < -0.39 is 16.2 Å². The molecule has 0 amide bonds. The van der Waals surface area contributed by atoms with Crippen molar-refractivity contribution in [3.05, 3.63) is 52.6 Å². The summed E-state index contributed by atoms with van der Waals surface area (Å²) in [4.78, 5) is 0.151. The first-order chi connectivity index (χ1) is 12.6. The van der Waals surface area contributed by atoms with Crippen molar-refractivity contribution in [3.8, 4) is 11.5 Å². The van der Waals surface area contributed by atoms with Crippen LogP contribution in [0.15, 0.2) is 35.2 Å². The molecule has 0 fully saturated rings. The van der Waals surface area contributed by atoms with Crippen LogP contribution >= 0.6 is 0 Å². The zero-order valence-corrected chi connectivity index (χ0v) is 17.4. The van der Waals surface area contributed by atoms with Gasteiger partial charge in [-0.05, 0) is 30.5 Å². The van der Waals surface area contributed by atoms with Crippen LogP contribution in [0.1, 0.15) is 49.1 Å². The summed E-state index contributed by atoms with van der Waals surface area (Å²) >= 11 is 0. The van der Waals surface area contributed by atoms with Gasteiger partial charge in [-0.3, -0.25) is 4.18 Å². The van der Waals surface area contributed by atoms with E-state index >= 15 is 0 Å². The molecule has 1 unspecified atom stereocenters. The average molecular weight is 391 g/mol. The summed E-state index contributed by atoms with van der Waals surface area (Å²) in [5.41, 5.74) is 3.51. The molecule has 27 heavy (non-hydrogen) atoms. The van der Waals surface area contributed by atoms with E-state index in [1.165, 1.54) is 7.11 Å². The quantitative estimate of drug-likeness (QED) is 0.728. The lowest BCUT2D eigenvalue weighted by Gasteiger charge is -2.23. The number of hydrogen-bond donors (Lipinski definition) is 0. The Kier molecular flexibility index (Phi) is 4.99. The van der Waals surface area contributed by atoms with Gasteiger partial charge < -0.3 is 9.47 Å². The van der Waals surface area contributed by atoms with Crippen molar-refractivity contribution < 1.29 is 22.1 Å². The summed E-state index contributed by atoms with van der Waals surface area (Å²) in [5, 5.41) is 0. The topological polar surface area (TPSA) is 61.8 Å². The molecule has 0 saturated carbocycles. The average Bonchev–Trinajstić information content (AvgIpc) is 3.03. The van der Waals surface area contributed by atoms with E-state index in [9.17, 15) is 8.42 Å². The van der Waals surface area contributed by atoms with Crippen LogP contribution in [0, 0.1) is 6.92 Å². The third kappa shape index (κ3) is 3.69. The lowest BCUT2D eigenvalue weighted by atomic mass is 9.85. The van der Waals surface area contributed by atoms with E-state index in [-0.39, 0.29) is 10.3 Å². The zero-order chi connectivity index (χ0) is 20.0. The van der Waals surface area contributed by atoms with Crippen molar-refractivity contribution in [1.82, 2.24) is 0 Å². The minimum Gasteiger partial charge on any atom is -0.497 e. The Morgan fingerprint density at radius 1 is 1.11 bits per heavy atom. The number of ether oxygens (including phenoxy) is 2. The summed E-state index contributed by atoms with van der Waals surface area (Å²) in [7, 11) is -1.01. The van der Waals surface area contributed by atoms with Crippen LogP contribution in [0.2, 0.25) is 0 Å². The third-order valence-corrected chi connectivity index (χ3v) is 6.20. The molecule has 1 aliphatic heterocycles. The predicted octanol–water partition coefficient (Wildman–Crippen LogP) is 4.31. The zero-order valence-electron chi connectivity index (χ0n) is 16.6. The lowest BCUT2D eigenvalue weighted by molar-refractivity contribution is 0.229. The first kappa shape index (κ1) is 19.7. The van der Waals surface area contributed by atoms with Crippen LogP contribution in [0.25, 0.3) is 0 Å². The predicted molar refractivity (Wildman–Crippen MR) is 104 cm³/mol. The van der Waals surface area contributed by atoms with Crippen LogP contribution in [-0.2, 0) is 26.1 Å². The van der Waals surface area contributed by atoms with Gasteiger partial charge in [0.15, 0.2) is 0 Å². The third-order valence-electron chi connectivity index (χ3n) is 4.85. The summed E-state index contributed by atoms with van der Waals surface area (Å²) in [6.45, 7) is 8.28. The fourth-order valence-electron chi connectivity index (χ4n) is 3.42. The van der Waals surface area contributed by atoms with Crippen LogP contribution < -0.4 is 9.47 Å². The molecule has 0 spiro atoms. The maximum Gasteiger partial charge on any atom is 0.297 e. The Hall–Kier alpha value is -2.05. The number of aryl methyl sites for hydroxylation is 1. The van der Waals surface area contributed by atoms with E-state index in [1.807, 2.05) is 25.1 Å². The number of rotatable bonds is 4. The van der Waals surface area contributed by atoms with Gasteiger partial charge in [-0.2, -0.15) is 8.42 Å². The fourth-order valence-corrected chi connectivity index (χ4v) is 4.31. The van der Waals surface area contributed by atoms with Gasteiger partial charge >= 0.3 is 0 Å². The SMILES string of the molecule is COc1cc2c(c(C(C)(C)C)c1)OC(c1cc(C)ccc1S(=O)(=O)OC)C2. The molecule has 0 aromatic heterocycles. The van der Waals surface area contributed by atoms with Crippen LogP contribution in [0.3, 0.4) is 0 Å². The second kappa shape index (κ2) is 6.84. The fraction of sp³-hybridized carbons (Fsp3) is 0.429. The molecule has 1 atom stereocenters. The Morgan fingerprint density at radius 2 is 1.81 bits per heavy atom. The smallest absolute Gasteiger partial charge is 0.297 e. The Balaban J connectivity index is 2.12. The van der Waals surface area contributed by atoms with E-state index in [1.54, 1.807) is 19.2 Å². The molecular weight excluding hydrogens is 364 g/mol. The van der Waals surface area contributed by atoms with Crippen molar-refractivity contribution in [2.24, 2.45) is 0 Å². The summed E-state index contributed by atoms with van der Waals surface area (Å²) in [6, 6.07) is 9.16. The highest BCUT2D eigenvalue weighted by Crippen LogP contribution is 2.46. The van der Waals surface area contributed by atoms with Crippen LogP contribution in [0.5, 0.6) is 11.5 Å². The molecule has 2 aromatic rings. The van der Waals surface area contributed by atoms with Crippen molar-refractivity contribution in [1.29, 1.82) is 0 Å². The van der Waals surface area contributed by atoms with Gasteiger partial charge in [-0.1, -0.05) is 38.5 Å². The second-order valence-electron chi connectivity index (χ2n) is 7.89. The van der Waals surface area contributed by atoms with Gasteiger partial charge in [-0.15, -0.1) is 0 Å². The number of hydrogen-bond acceptors (Lipinski definition) is 5. The number of methoxy groups -OCH3 is 1. The van der Waals surface area contributed by atoms with E-state index in [2.05, 4.69) is 20.8 Å². The van der Waals surface area contributed by atoms with Crippen molar-refractivity contribution >= 4 is 10.1 Å². The largest absolute Gasteiger partial charge is 0.497 e. The molecule has 146 valence electrons. The maximum atomic E-state index is 12.4. The van der Waals surface area contributed by atoms with Gasteiger partial charge in [0.1, 0.15) is 22.5 Å². The number of benzene rings is 2. The Morgan fingerprint density at radius 3 is 2.41 bits per heavy atom. The molecule has 2 aromatic carbocycles.